The molecule has 0 aliphatic heterocycles. The van der Waals surface area contributed by atoms with Gasteiger partial charge in [-0.2, -0.15) is 0 Å². The summed E-state index contributed by atoms with van der Waals surface area (Å²) in [5.41, 5.74) is -0.779. The quantitative estimate of drug-likeness (QED) is 0.575. The van der Waals surface area contributed by atoms with Crippen LogP contribution in [-0.4, -0.2) is 33.5 Å². The van der Waals surface area contributed by atoms with Crippen LogP contribution in [0.1, 0.15) is 6.92 Å². The molecule has 0 aromatic heterocycles. The first-order chi connectivity index (χ1) is 9.27. The number of halogens is 1. The summed E-state index contributed by atoms with van der Waals surface area (Å²) in [6.45, 7) is 2.53. The summed E-state index contributed by atoms with van der Waals surface area (Å²) in [5, 5.41) is 13.7. The monoisotopic (exact) mass is 305 g/mol. The molecule has 0 spiro atoms. The zero-order valence-corrected chi connectivity index (χ0v) is 11.9. The van der Waals surface area contributed by atoms with Crippen molar-refractivity contribution < 1.29 is 17.7 Å². The predicted octanol–water partition coefficient (Wildman–Crippen LogP) is 0.868. The Kier molecular flexibility index (Phi) is 5.54. The summed E-state index contributed by atoms with van der Waals surface area (Å²) < 4.78 is 39.3. The van der Waals surface area contributed by atoms with E-state index in [1.54, 1.807) is 7.05 Å². The van der Waals surface area contributed by atoms with Gasteiger partial charge in [0.1, 0.15) is 5.82 Å². The summed E-state index contributed by atoms with van der Waals surface area (Å²) >= 11 is 0. The Labute approximate surface area is 116 Å². The summed E-state index contributed by atoms with van der Waals surface area (Å²) in [5.74, 6) is -0.853. The molecule has 1 aromatic carbocycles. The highest BCUT2D eigenvalue weighted by atomic mass is 32.2. The molecule has 1 aromatic rings. The van der Waals surface area contributed by atoms with Crippen LogP contribution in [0.3, 0.4) is 0 Å². The van der Waals surface area contributed by atoms with Gasteiger partial charge in [0.15, 0.2) is 4.90 Å². The van der Waals surface area contributed by atoms with Crippen LogP contribution in [0.25, 0.3) is 0 Å². The number of sulfonamides is 1. The average Bonchev–Trinajstić information content (AvgIpc) is 2.36. The zero-order chi connectivity index (χ0) is 15.3. The number of benzene rings is 1. The standard InChI is InChI=1S/C11H16FN3O4S/c1-8(6-13-2)7-14-20(18,19)11-4-3-9(12)5-10(11)15(16)17/h3-5,8,13-14H,6-7H2,1-2H3. The summed E-state index contributed by atoms with van der Waals surface area (Å²) in [6, 6.07) is 2.35. The van der Waals surface area contributed by atoms with Crippen molar-refractivity contribution in [2.24, 2.45) is 5.92 Å². The van der Waals surface area contributed by atoms with E-state index in [2.05, 4.69) is 10.0 Å². The minimum Gasteiger partial charge on any atom is -0.319 e. The highest BCUT2D eigenvalue weighted by molar-refractivity contribution is 7.89. The minimum atomic E-state index is -4.05. The number of hydrogen-bond donors (Lipinski definition) is 2. The van der Waals surface area contributed by atoms with E-state index >= 15 is 0 Å². The number of nitro benzene ring substituents is 1. The molecule has 20 heavy (non-hydrogen) atoms. The van der Waals surface area contributed by atoms with Crippen molar-refractivity contribution in [2.75, 3.05) is 20.1 Å². The number of hydrogen-bond acceptors (Lipinski definition) is 5. The van der Waals surface area contributed by atoms with Gasteiger partial charge in [0.05, 0.1) is 11.0 Å². The smallest absolute Gasteiger partial charge is 0.292 e. The van der Waals surface area contributed by atoms with Crippen LogP contribution in [0.5, 0.6) is 0 Å². The van der Waals surface area contributed by atoms with Crippen LogP contribution >= 0.6 is 0 Å². The van der Waals surface area contributed by atoms with E-state index in [4.69, 9.17) is 0 Å². The fourth-order valence-electron chi connectivity index (χ4n) is 1.61. The van der Waals surface area contributed by atoms with Gasteiger partial charge in [-0.15, -0.1) is 0 Å². The van der Waals surface area contributed by atoms with Crippen molar-refractivity contribution in [3.05, 3.63) is 34.1 Å². The van der Waals surface area contributed by atoms with E-state index in [9.17, 15) is 22.9 Å². The maximum atomic E-state index is 13.0. The van der Waals surface area contributed by atoms with Crippen LogP contribution in [0, 0.1) is 21.8 Å². The topological polar surface area (TPSA) is 101 Å². The van der Waals surface area contributed by atoms with Crippen molar-refractivity contribution in [2.45, 2.75) is 11.8 Å². The number of rotatable bonds is 7. The molecule has 0 saturated carbocycles. The van der Waals surface area contributed by atoms with Crippen LogP contribution in [-0.2, 0) is 10.0 Å². The van der Waals surface area contributed by atoms with Crippen molar-refractivity contribution in [3.8, 4) is 0 Å². The Morgan fingerprint density at radius 3 is 2.60 bits per heavy atom. The second-order valence-electron chi connectivity index (χ2n) is 4.38. The molecule has 0 bridgehead atoms. The normalized spacial score (nSPS) is 13.2. The lowest BCUT2D eigenvalue weighted by molar-refractivity contribution is -0.388. The van der Waals surface area contributed by atoms with Crippen molar-refractivity contribution >= 4 is 15.7 Å². The molecular weight excluding hydrogens is 289 g/mol. The molecule has 0 amide bonds. The molecule has 1 atom stereocenters. The van der Waals surface area contributed by atoms with Gasteiger partial charge in [0, 0.05) is 6.54 Å². The zero-order valence-electron chi connectivity index (χ0n) is 11.1. The van der Waals surface area contributed by atoms with Crippen LogP contribution in [0.4, 0.5) is 10.1 Å². The Bertz CT molecular complexity index is 591. The van der Waals surface area contributed by atoms with Crippen molar-refractivity contribution in [1.82, 2.24) is 10.0 Å². The van der Waals surface area contributed by atoms with E-state index in [-0.39, 0.29) is 12.5 Å². The fourth-order valence-corrected chi connectivity index (χ4v) is 2.93. The van der Waals surface area contributed by atoms with Gasteiger partial charge in [-0.05, 0) is 31.6 Å². The van der Waals surface area contributed by atoms with E-state index in [0.29, 0.717) is 12.6 Å². The highest BCUT2D eigenvalue weighted by Crippen LogP contribution is 2.24. The molecule has 112 valence electrons. The lowest BCUT2D eigenvalue weighted by atomic mass is 10.2. The van der Waals surface area contributed by atoms with Crippen molar-refractivity contribution in [1.29, 1.82) is 0 Å². The molecule has 0 aliphatic carbocycles. The number of nitrogens with one attached hydrogen (secondary N) is 2. The SMILES string of the molecule is CNCC(C)CNS(=O)(=O)c1ccc(F)cc1[N+](=O)[O-]. The van der Waals surface area contributed by atoms with Gasteiger partial charge in [-0.3, -0.25) is 10.1 Å². The Balaban J connectivity index is 3.01. The highest BCUT2D eigenvalue weighted by Gasteiger charge is 2.26. The molecule has 7 nitrogen and oxygen atoms in total. The second kappa shape index (κ2) is 6.73. The van der Waals surface area contributed by atoms with E-state index < -0.39 is 31.3 Å². The average molecular weight is 305 g/mol. The van der Waals surface area contributed by atoms with Gasteiger partial charge in [-0.1, -0.05) is 6.92 Å². The lowest BCUT2D eigenvalue weighted by Gasteiger charge is -2.12. The molecule has 9 heteroatoms. The number of nitrogens with zero attached hydrogens (tertiary/aromatic N) is 1. The minimum absolute atomic E-state index is 0.00859. The van der Waals surface area contributed by atoms with Crippen LogP contribution < -0.4 is 10.0 Å². The van der Waals surface area contributed by atoms with E-state index in [0.717, 1.165) is 12.1 Å². The summed E-state index contributed by atoms with van der Waals surface area (Å²) in [6.07, 6.45) is 0. The Morgan fingerprint density at radius 1 is 1.40 bits per heavy atom. The largest absolute Gasteiger partial charge is 0.319 e. The molecule has 2 N–H and O–H groups in total. The third kappa shape index (κ3) is 4.22. The molecule has 0 saturated heterocycles. The summed E-state index contributed by atoms with van der Waals surface area (Å²) in [4.78, 5) is 9.33. The first-order valence-corrected chi connectivity index (χ1v) is 7.34. The molecular formula is C11H16FN3O4S. The first kappa shape index (κ1) is 16.5. The molecule has 0 fully saturated rings. The van der Waals surface area contributed by atoms with Gasteiger partial charge >= 0.3 is 0 Å². The Hall–Kier alpha value is -1.58. The number of nitro groups is 1. The molecule has 1 unspecified atom stereocenters. The van der Waals surface area contributed by atoms with Gasteiger partial charge in [0.2, 0.25) is 10.0 Å². The molecule has 0 aliphatic rings. The maximum absolute atomic E-state index is 13.0. The van der Waals surface area contributed by atoms with E-state index in [1.165, 1.54) is 0 Å². The second-order valence-corrected chi connectivity index (χ2v) is 6.12. The van der Waals surface area contributed by atoms with Crippen LogP contribution in [0.2, 0.25) is 0 Å². The Morgan fingerprint density at radius 2 is 2.05 bits per heavy atom. The van der Waals surface area contributed by atoms with Crippen molar-refractivity contribution in [3.63, 3.8) is 0 Å². The summed E-state index contributed by atoms with van der Waals surface area (Å²) in [7, 11) is -2.32. The first-order valence-electron chi connectivity index (χ1n) is 5.86. The predicted molar refractivity (Wildman–Crippen MR) is 71.3 cm³/mol. The van der Waals surface area contributed by atoms with Gasteiger partial charge in [-0.25, -0.2) is 17.5 Å². The fraction of sp³-hybridized carbons (Fsp3) is 0.455. The molecule has 0 radical (unpaired) electrons. The lowest BCUT2D eigenvalue weighted by Crippen LogP contribution is -2.32. The maximum Gasteiger partial charge on any atom is 0.292 e. The molecule has 1 rings (SSSR count). The van der Waals surface area contributed by atoms with Crippen LogP contribution in [0.15, 0.2) is 23.1 Å². The van der Waals surface area contributed by atoms with E-state index in [1.807, 2.05) is 6.92 Å². The third-order valence-corrected chi connectivity index (χ3v) is 4.05. The van der Waals surface area contributed by atoms with Gasteiger partial charge < -0.3 is 5.32 Å². The van der Waals surface area contributed by atoms with Gasteiger partial charge in [0.25, 0.3) is 5.69 Å². The molecule has 0 heterocycles. The third-order valence-electron chi connectivity index (χ3n) is 2.58.